The van der Waals surface area contributed by atoms with Crippen LogP contribution >= 0.6 is 0 Å². The summed E-state index contributed by atoms with van der Waals surface area (Å²) < 4.78 is 4.92. The van der Waals surface area contributed by atoms with Gasteiger partial charge in [0, 0.05) is 44.6 Å². The van der Waals surface area contributed by atoms with Crippen LogP contribution in [-0.4, -0.2) is 30.2 Å². The molecule has 0 atom stereocenters. The maximum absolute atomic E-state index is 4.92. The van der Waals surface area contributed by atoms with Crippen LogP contribution in [-0.2, 0) is 17.7 Å². The summed E-state index contributed by atoms with van der Waals surface area (Å²) in [6.07, 6.45) is 4.62. The highest BCUT2D eigenvalue weighted by molar-refractivity contribution is 5.04. The van der Waals surface area contributed by atoms with E-state index in [9.17, 15) is 0 Å². The summed E-state index contributed by atoms with van der Waals surface area (Å²) in [5.74, 6) is 0.894. The maximum Gasteiger partial charge on any atom is 0.127 e. The van der Waals surface area contributed by atoms with Gasteiger partial charge in [0.1, 0.15) is 5.82 Å². The van der Waals surface area contributed by atoms with Crippen LogP contribution in [0.5, 0.6) is 0 Å². The molecule has 0 saturated carbocycles. The van der Waals surface area contributed by atoms with Gasteiger partial charge in [-0.3, -0.25) is 0 Å². The largest absolute Gasteiger partial charge is 0.383 e. The number of aromatic nitrogens is 2. The number of ether oxygens (including phenoxy) is 1. The number of hydrogen-bond acceptors (Lipinski definition) is 4. The number of hydrogen-bond donors (Lipinski definition) is 1. The summed E-state index contributed by atoms with van der Waals surface area (Å²) in [4.78, 5) is 8.43. The SMILES string of the molecule is CCc1ncc(CNCCOC)cn1. The molecule has 1 aromatic rings. The van der Waals surface area contributed by atoms with E-state index in [0.29, 0.717) is 0 Å². The van der Waals surface area contributed by atoms with E-state index in [0.717, 1.165) is 37.5 Å². The zero-order chi connectivity index (χ0) is 10.2. The molecule has 4 heteroatoms. The van der Waals surface area contributed by atoms with Crippen LogP contribution in [0.1, 0.15) is 18.3 Å². The predicted molar refractivity (Wildman–Crippen MR) is 55.0 cm³/mol. The van der Waals surface area contributed by atoms with Crippen molar-refractivity contribution in [2.24, 2.45) is 0 Å². The molecule has 14 heavy (non-hydrogen) atoms. The van der Waals surface area contributed by atoms with E-state index >= 15 is 0 Å². The molecule has 1 heterocycles. The zero-order valence-corrected chi connectivity index (χ0v) is 8.79. The molecule has 1 rings (SSSR count). The van der Waals surface area contributed by atoms with E-state index in [1.165, 1.54) is 0 Å². The standard InChI is InChI=1S/C10H17N3O/c1-3-10-12-7-9(8-13-10)6-11-4-5-14-2/h7-8,11H,3-6H2,1-2H3. The van der Waals surface area contributed by atoms with Gasteiger partial charge in [-0.05, 0) is 0 Å². The van der Waals surface area contributed by atoms with Crippen LogP contribution in [0, 0.1) is 0 Å². The number of nitrogens with one attached hydrogen (secondary N) is 1. The summed E-state index contributed by atoms with van der Waals surface area (Å²) in [6, 6.07) is 0. The average Bonchev–Trinajstić information content (AvgIpc) is 2.25. The minimum Gasteiger partial charge on any atom is -0.383 e. The minimum atomic E-state index is 0.730. The fraction of sp³-hybridized carbons (Fsp3) is 0.600. The number of methoxy groups -OCH3 is 1. The normalized spacial score (nSPS) is 10.4. The second-order valence-electron chi connectivity index (χ2n) is 3.03. The van der Waals surface area contributed by atoms with Crippen molar-refractivity contribution in [2.75, 3.05) is 20.3 Å². The van der Waals surface area contributed by atoms with Crippen LogP contribution in [0.3, 0.4) is 0 Å². The van der Waals surface area contributed by atoms with Crippen molar-refractivity contribution >= 4 is 0 Å². The third kappa shape index (κ3) is 3.81. The lowest BCUT2D eigenvalue weighted by atomic mass is 10.3. The van der Waals surface area contributed by atoms with Gasteiger partial charge in [-0.1, -0.05) is 6.92 Å². The fourth-order valence-electron chi connectivity index (χ4n) is 1.06. The van der Waals surface area contributed by atoms with Gasteiger partial charge in [0.15, 0.2) is 0 Å². The Morgan fingerprint density at radius 3 is 2.64 bits per heavy atom. The topological polar surface area (TPSA) is 47.0 Å². The molecular weight excluding hydrogens is 178 g/mol. The van der Waals surface area contributed by atoms with Crippen LogP contribution in [0.2, 0.25) is 0 Å². The number of nitrogens with zero attached hydrogens (tertiary/aromatic N) is 2. The van der Waals surface area contributed by atoms with Gasteiger partial charge >= 0.3 is 0 Å². The summed E-state index contributed by atoms with van der Waals surface area (Å²) in [5, 5.41) is 3.24. The molecular formula is C10H17N3O. The Labute approximate surface area is 84.7 Å². The van der Waals surface area contributed by atoms with E-state index in [1.807, 2.05) is 19.3 Å². The summed E-state index contributed by atoms with van der Waals surface area (Å²) in [6.45, 7) is 4.43. The van der Waals surface area contributed by atoms with Gasteiger partial charge in [0.05, 0.1) is 6.61 Å². The molecule has 0 amide bonds. The molecule has 0 fully saturated rings. The highest BCUT2D eigenvalue weighted by atomic mass is 16.5. The monoisotopic (exact) mass is 195 g/mol. The van der Waals surface area contributed by atoms with Gasteiger partial charge < -0.3 is 10.1 Å². The molecule has 0 radical (unpaired) electrons. The molecule has 0 saturated heterocycles. The van der Waals surface area contributed by atoms with Gasteiger partial charge in [0.25, 0.3) is 0 Å². The Morgan fingerprint density at radius 2 is 2.07 bits per heavy atom. The Bertz CT molecular complexity index is 248. The van der Waals surface area contributed by atoms with Crippen molar-refractivity contribution in [3.05, 3.63) is 23.8 Å². The van der Waals surface area contributed by atoms with E-state index in [1.54, 1.807) is 7.11 Å². The second kappa shape index (κ2) is 6.45. The first-order valence-electron chi connectivity index (χ1n) is 4.86. The Morgan fingerprint density at radius 1 is 1.36 bits per heavy atom. The second-order valence-corrected chi connectivity index (χ2v) is 3.03. The van der Waals surface area contributed by atoms with E-state index in [4.69, 9.17) is 4.74 Å². The van der Waals surface area contributed by atoms with Gasteiger partial charge in [-0.15, -0.1) is 0 Å². The summed E-state index contributed by atoms with van der Waals surface area (Å²) >= 11 is 0. The van der Waals surface area contributed by atoms with Gasteiger partial charge in [-0.2, -0.15) is 0 Å². The molecule has 0 aliphatic rings. The number of rotatable bonds is 6. The molecule has 0 aliphatic carbocycles. The zero-order valence-electron chi connectivity index (χ0n) is 8.79. The third-order valence-corrected chi connectivity index (χ3v) is 1.89. The first-order chi connectivity index (χ1) is 6.86. The average molecular weight is 195 g/mol. The molecule has 1 N–H and O–H groups in total. The maximum atomic E-state index is 4.92. The van der Waals surface area contributed by atoms with Gasteiger partial charge in [0.2, 0.25) is 0 Å². The van der Waals surface area contributed by atoms with Crippen molar-refractivity contribution < 1.29 is 4.74 Å². The predicted octanol–water partition coefficient (Wildman–Crippen LogP) is 0.775. The first kappa shape index (κ1) is 11.1. The Hall–Kier alpha value is -1.00. The van der Waals surface area contributed by atoms with Crippen molar-refractivity contribution in [2.45, 2.75) is 19.9 Å². The molecule has 1 aromatic heterocycles. The number of aryl methyl sites for hydroxylation is 1. The van der Waals surface area contributed by atoms with Crippen LogP contribution < -0.4 is 5.32 Å². The lowest BCUT2D eigenvalue weighted by molar-refractivity contribution is 0.199. The lowest BCUT2D eigenvalue weighted by Gasteiger charge is -2.03. The molecule has 4 nitrogen and oxygen atoms in total. The minimum absolute atomic E-state index is 0.730. The van der Waals surface area contributed by atoms with Gasteiger partial charge in [-0.25, -0.2) is 9.97 Å². The molecule has 78 valence electrons. The van der Waals surface area contributed by atoms with E-state index < -0.39 is 0 Å². The van der Waals surface area contributed by atoms with E-state index in [-0.39, 0.29) is 0 Å². The van der Waals surface area contributed by atoms with Crippen molar-refractivity contribution in [1.82, 2.24) is 15.3 Å². The van der Waals surface area contributed by atoms with Crippen LogP contribution in [0.4, 0.5) is 0 Å². The van der Waals surface area contributed by atoms with Crippen LogP contribution in [0.25, 0.3) is 0 Å². The van der Waals surface area contributed by atoms with Crippen molar-refractivity contribution in [1.29, 1.82) is 0 Å². The van der Waals surface area contributed by atoms with Crippen molar-refractivity contribution in [3.63, 3.8) is 0 Å². The summed E-state index contributed by atoms with van der Waals surface area (Å²) in [5.41, 5.74) is 1.11. The van der Waals surface area contributed by atoms with Crippen LogP contribution in [0.15, 0.2) is 12.4 Å². The highest BCUT2D eigenvalue weighted by Gasteiger charge is 1.95. The molecule has 0 aromatic carbocycles. The summed E-state index contributed by atoms with van der Waals surface area (Å²) in [7, 11) is 1.70. The third-order valence-electron chi connectivity index (χ3n) is 1.89. The fourth-order valence-corrected chi connectivity index (χ4v) is 1.06. The molecule has 0 unspecified atom stereocenters. The lowest BCUT2D eigenvalue weighted by Crippen LogP contribution is -2.18. The Balaban J connectivity index is 2.29. The molecule has 0 aliphatic heterocycles. The highest BCUT2D eigenvalue weighted by Crippen LogP contribution is 1.95. The molecule has 0 spiro atoms. The quantitative estimate of drug-likeness (QED) is 0.681. The first-order valence-corrected chi connectivity index (χ1v) is 4.86. The Kier molecular flexibility index (Phi) is 5.11. The van der Waals surface area contributed by atoms with Crippen molar-refractivity contribution in [3.8, 4) is 0 Å². The van der Waals surface area contributed by atoms with E-state index in [2.05, 4.69) is 15.3 Å². The molecule has 0 bridgehead atoms. The smallest absolute Gasteiger partial charge is 0.127 e.